The van der Waals surface area contributed by atoms with Crippen LogP contribution in [0.2, 0.25) is 0 Å². The van der Waals surface area contributed by atoms with Gasteiger partial charge in [-0.15, -0.1) is 0 Å². The summed E-state index contributed by atoms with van der Waals surface area (Å²) in [7, 11) is -1.90. The van der Waals surface area contributed by atoms with Gasteiger partial charge in [0.05, 0.1) is 28.8 Å². The van der Waals surface area contributed by atoms with E-state index in [1.807, 2.05) is 50.2 Å². The number of methoxy groups -OCH3 is 1. The molecule has 1 aliphatic heterocycles. The van der Waals surface area contributed by atoms with Crippen molar-refractivity contribution >= 4 is 19.7 Å². The lowest BCUT2D eigenvalue weighted by Crippen LogP contribution is -2.46. The summed E-state index contributed by atoms with van der Waals surface area (Å²) >= 11 is 0. The zero-order valence-corrected chi connectivity index (χ0v) is 19.9. The van der Waals surface area contributed by atoms with Gasteiger partial charge >= 0.3 is 0 Å². The van der Waals surface area contributed by atoms with Gasteiger partial charge in [0.2, 0.25) is 0 Å². The van der Waals surface area contributed by atoms with Crippen LogP contribution in [0.1, 0.15) is 17.2 Å². The van der Waals surface area contributed by atoms with Crippen LogP contribution in [-0.4, -0.2) is 72.3 Å². The number of aryl methyl sites for hydroxylation is 1. The van der Waals surface area contributed by atoms with Crippen molar-refractivity contribution < 1.29 is 21.6 Å². The molecule has 170 valence electrons. The predicted octanol–water partition coefficient (Wildman–Crippen LogP) is 1.84. The van der Waals surface area contributed by atoms with Gasteiger partial charge in [-0.2, -0.15) is 0 Å². The Morgan fingerprint density at radius 3 is 2.23 bits per heavy atom. The second kappa shape index (κ2) is 9.28. The molecule has 9 heteroatoms. The minimum Gasteiger partial charge on any atom is -0.497 e. The fraction of sp³-hybridized carbons (Fsp3) is 0.455. The lowest BCUT2D eigenvalue weighted by molar-refractivity contribution is 0.282. The lowest BCUT2D eigenvalue weighted by Gasteiger charge is -2.28. The second-order valence-electron chi connectivity index (χ2n) is 8.24. The van der Waals surface area contributed by atoms with E-state index in [0.29, 0.717) is 12.3 Å². The van der Waals surface area contributed by atoms with E-state index >= 15 is 0 Å². The van der Waals surface area contributed by atoms with Crippen LogP contribution in [0, 0.1) is 6.92 Å². The predicted molar refractivity (Wildman–Crippen MR) is 122 cm³/mol. The van der Waals surface area contributed by atoms with Crippen LogP contribution in [0.3, 0.4) is 0 Å². The first-order chi connectivity index (χ1) is 14.5. The summed E-state index contributed by atoms with van der Waals surface area (Å²) in [6.45, 7) is 2.45. The van der Waals surface area contributed by atoms with E-state index < -0.39 is 31.0 Å². The third-order valence-electron chi connectivity index (χ3n) is 5.75. The SMILES string of the molecule is COc1ccc(S(=O)(=O)[C@H]2CS(=O)(=O)C[C@@H]2NCC(c2ccc(C)cc2)N(C)C)cc1. The molecule has 0 bridgehead atoms. The molecule has 0 amide bonds. The van der Waals surface area contributed by atoms with E-state index in [0.717, 1.165) is 11.1 Å². The van der Waals surface area contributed by atoms with E-state index in [9.17, 15) is 16.8 Å². The van der Waals surface area contributed by atoms with Crippen molar-refractivity contribution in [2.45, 2.75) is 29.2 Å². The first-order valence-corrected chi connectivity index (χ1v) is 13.4. The summed E-state index contributed by atoms with van der Waals surface area (Å²) in [5.74, 6) is -0.0308. The highest BCUT2D eigenvalue weighted by Gasteiger charge is 2.45. The van der Waals surface area contributed by atoms with Crippen molar-refractivity contribution in [3.63, 3.8) is 0 Å². The topological polar surface area (TPSA) is 92.8 Å². The lowest BCUT2D eigenvalue weighted by atomic mass is 10.0. The number of hydrogen-bond acceptors (Lipinski definition) is 7. The molecule has 0 spiro atoms. The molecule has 0 aliphatic carbocycles. The number of nitrogens with one attached hydrogen (secondary N) is 1. The molecule has 7 nitrogen and oxygen atoms in total. The maximum atomic E-state index is 13.3. The van der Waals surface area contributed by atoms with Crippen LogP contribution in [0.25, 0.3) is 0 Å². The van der Waals surface area contributed by atoms with Crippen molar-refractivity contribution in [2.75, 3.05) is 39.3 Å². The number of hydrogen-bond donors (Lipinski definition) is 1. The number of benzene rings is 2. The molecule has 1 heterocycles. The molecule has 0 radical (unpaired) electrons. The molecule has 0 aromatic heterocycles. The number of rotatable bonds is 8. The fourth-order valence-corrected chi connectivity index (χ4v) is 8.62. The second-order valence-corrected chi connectivity index (χ2v) is 12.6. The minimum absolute atomic E-state index is 0.0201. The Kier molecular flexibility index (Phi) is 7.10. The van der Waals surface area contributed by atoms with Crippen LogP contribution in [0.4, 0.5) is 0 Å². The van der Waals surface area contributed by atoms with E-state index in [1.54, 1.807) is 12.1 Å². The van der Waals surface area contributed by atoms with Gasteiger partial charge in [-0.25, -0.2) is 16.8 Å². The molecule has 31 heavy (non-hydrogen) atoms. The average Bonchev–Trinajstić information content (AvgIpc) is 3.04. The molecule has 1 unspecified atom stereocenters. The molecule has 2 aromatic carbocycles. The monoisotopic (exact) mass is 466 g/mol. The minimum atomic E-state index is -3.83. The molecular formula is C22H30N2O5S2. The molecule has 3 atom stereocenters. The van der Waals surface area contributed by atoms with Gasteiger partial charge in [-0.1, -0.05) is 29.8 Å². The van der Waals surface area contributed by atoms with Gasteiger partial charge in [0.15, 0.2) is 19.7 Å². The highest BCUT2D eigenvalue weighted by atomic mass is 32.2. The van der Waals surface area contributed by atoms with E-state index in [1.165, 1.54) is 19.2 Å². The summed E-state index contributed by atoms with van der Waals surface area (Å²) in [6, 6.07) is 13.5. The van der Waals surface area contributed by atoms with Crippen LogP contribution in [-0.2, 0) is 19.7 Å². The van der Waals surface area contributed by atoms with Crippen molar-refractivity contribution in [1.29, 1.82) is 0 Å². The maximum Gasteiger partial charge on any atom is 0.183 e. The highest BCUT2D eigenvalue weighted by Crippen LogP contribution is 2.28. The van der Waals surface area contributed by atoms with Crippen LogP contribution < -0.4 is 10.1 Å². The summed E-state index contributed by atoms with van der Waals surface area (Å²) in [6.07, 6.45) is 0. The molecule has 1 saturated heterocycles. The van der Waals surface area contributed by atoms with Crippen molar-refractivity contribution in [3.8, 4) is 5.75 Å². The van der Waals surface area contributed by atoms with E-state index in [4.69, 9.17) is 4.74 Å². The van der Waals surface area contributed by atoms with Gasteiger partial charge in [0, 0.05) is 18.6 Å². The first-order valence-electron chi connectivity index (χ1n) is 10.1. The number of nitrogens with zero attached hydrogens (tertiary/aromatic N) is 1. The Morgan fingerprint density at radius 1 is 1.06 bits per heavy atom. The van der Waals surface area contributed by atoms with Gasteiger partial charge < -0.3 is 15.0 Å². The van der Waals surface area contributed by atoms with E-state index in [2.05, 4.69) is 5.32 Å². The van der Waals surface area contributed by atoms with Gasteiger partial charge in [-0.3, -0.25) is 0 Å². The summed E-state index contributed by atoms with van der Waals surface area (Å²) in [4.78, 5) is 2.14. The summed E-state index contributed by atoms with van der Waals surface area (Å²) < 4.78 is 56.4. The van der Waals surface area contributed by atoms with E-state index in [-0.39, 0.29) is 22.4 Å². The first kappa shape index (κ1) is 23.7. The Hall–Kier alpha value is -1.94. The zero-order chi connectivity index (χ0) is 22.8. The maximum absolute atomic E-state index is 13.3. The van der Waals surface area contributed by atoms with Crippen molar-refractivity contribution in [1.82, 2.24) is 10.2 Å². The number of ether oxygens (including phenoxy) is 1. The smallest absolute Gasteiger partial charge is 0.183 e. The number of sulfone groups is 2. The quantitative estimate of drug-likeness (QED) is 0.634. The van der Waals surface area contributed by atoms with Crippen LogP contribution in [0.5, 0.6) is 5.75 Å². The Morgan fingerprint density at radius 2 is 1.68 bits per heavy atom. The molecular weight excluding hydrogens is 436 g/mol. The van der Waals surface area contributed by atoms with Crippen molar-refractivity contribution in [3.05, 3.63) is 59.7 Å². The van der Waals surface area contributed by atoms with Crippen molar-refractivity contribution in [2.24, 2.45) is 0 Å². The molecule has 1 aliphatic rings. The third-order valence-corrected chi connectivity index (χ3v) is 9.91. The highest BCUT2D eigenvalue weighted by molar-refractivity contribution is 7.96. The zero-order valence-electron chi connectivity index (χ0n) is 18.3. The van der Waals surface area contributed by atoms with Crippen LogP contribution in [0.15, 0.2) is 53.4 Å². The molecule has 0 saturated carbocycles. The van der Waals surface area contributed by atoms with Gasteiger partial charge in [0.25, 0.3) is 0 Å². The van der Waals surface area contributed by atoms with Gasteiger partial charge in [-0.05, 0) is 50.8 Å². The standard InChI is InChI=1S/C22H30N2O5S2/c1-16-5-7-17(8-6-16)21(24(2)3)13-23-20-14-30(25,26)15-22(20)31(27,28)19-11-9-18(29-4)10-12-19/h5-12,20-23H,13-15H2,1-4H3/t20-,21?,22-/m0/s1. The van der Waals surface area contributed by atoms with Crippen LogP contribution >= 0.6 is 0 Å². The fourth-order valence-electron chi connectivity index (χ4n) is 3.90. The molecule has 2 aromatic rings. The molecule has 1 N–H and O–H groups in total. The molecule has 3 rings (SSSR count). The Labute approximate surface area is 185 Å². The number of likely N-dealkylation sites (N-methyl/N-ethyl adjacent to an activating group) is 1. The molecule has 1 fully saturated rings. The normalized spacial score (nSPS) is 21.8. The third kappa shape index (κ3) is 5.46. The summed E-state index contributed by atoms with van der Waals surface area (Å²) in [5.41, 5.74) is 2.24. The average molecular weight is 467 g/mol. The Balaban J connectivity index is 1.83. The Bertz CT molecular complexity index is 1100. The largest absolute Gasteiger partial charge is 0.497 e. The van der Waals surface area contributed by atoms with Gasteiger partial charge in [0.1, 0.15) is 5.75 Å². The summed E-state index contributed by atoms with van der Waals surface area (Å²) in [5, 5.41) is 2.22.